The second-order valence-corrected chi connectivity index (χ2v) is 10.7. The van der Waals surface area contributed by atoms with Gasteiger partial charge in [0.1, 0.15) is 22.4 Å². The number of hydrogen-bond acceptors (Lipinski definition) is 12. The first-order valence-corrected chi connectivity index (χ1v) is 13.2. The van der Waals surface area contributed by atoms with Crippen molar-refractivity contribution in [1.82, 2.24) is 24.9 Å². The fourth-order valence-corrected chi connectivity index (χ4v) is 6.08. The number of aliphatic hydroxyl groups is 3. The number of rotatable bonds is 7. The van der Waals surface area contributed by atoms with Gasteiger partial charge in [-0.1, -0.05) is 0 Å². The van der Waals surface area contributed by atoms with Crippen molar-refractivity contribution >= 4 is 39.1 Å². The number of aryl methyl sites for hydroxylation is 1. The fourth-order valence-electron chi connectivity index (χ4n) is 5.04. The molecule has 38 heavy (non-hydrogen) atoms. The minimum absolute atomic E-state index is 0.0132. The molecule has 11 nitrogen and oxygen atoms in total. The monoisotopic (exact) mass is 538 g/mol. The van der Waals surface area contributed by atoms with Crippen LogP contribution in [0, 0.1) is 18.7 Å². The third kappa shape index (κ3) is 4.51. The lowest BCUT2D eigenvalue weighted by Gasteiger charge is -2.40. The summed E-state index contributed by atoms with van der Waals surface area (Å²) in [5.41, 5.74) is 2.13. The number of pyridine rings is 2. The predicted octanol–water partition coefficient (Wildman–Crippen LogP) is 1.81. The van der Waals surface area contributed by atoms with E-state index in [0.29, 0.717) is 53.4 Å². The molecule has 1 saturated heterocycles. The van der Waals surface area contributed by atoms with Crippen molar-refractivity contribution in [3.05, 3.63) is 48.3 Å². The Morgan fingerprint density at radius 3 is 2.68 bits per heavy atom. The summed E-state index contributed by atoms with van der Waals surface area (Å²) in [4.78, 5) is 24.3. The Bertz CT molecular complexity index is 1430. The Morgan fingerprint density at radius 2 is 1.95 bits per heavy atom. The van der Waals surface area contributed by atoms with Crippen LogP contribution in [0.4, 0.5) is 22.0 Å². The number of aromatic nitrogens is 5. The van der Waals surface area contributed by atoms with Gasteiger partial charge < -0.3 is 30.9 Å². The third-order valence-electron chi connectivity index (χ3n) is 7.11. The second-order valence-electron chi connectivity index (χ2n) is 9.68. The summed E-state index contributed by atoms with van der Waals surface area (Å²) in [5.74, 6) is 0.368. The molecule has 0 amide bonds. The molecule has 5 N–H and O–H groups in total. The maximum absolute atomic E-state index is 14.1. The summed E-state index contributed by atoms with van der Waals surface area (Å²) in [7, 11) is 0. The molecule has 0 bridgehead atoms. The molecular weight excluding hydrogens is 511 g/mol. The Balaban J connectivity index is 1.29. The van der Waals surface area contributed by atoms with Crippen LogP contribution in [0.25, 0.3) is 20.8 Å². The van der Waals surface area contributed by atoms with Crippen LogP contribution in [-0.4, -0.2) is 84.2 Å². The van der Waals surface area contributed by atoms with Crippen LogP contribution in [-0.2, 0) is 0 Å². The quantitative estimate of drug-likeness (QED) is 0.234. The average molecular weight is 539 g/mol. The number of hydrogen-bond donors (Lipinski definition) is 5. The van der Waals surface area contributed by atoms with Crippen LogP contribution >= 0.6 is 11.3 Å². The Morgan fingerprint density at radius 1 is 1.11 bits per heavy atom. The van der Waals surface area contributed by atoms with Crippen molar-refractivity contribution in [2.24, 2.45) is 5.92 Å². The minimum atomic E-state index is -1.07. The molecule has 0 spiro atoms. The zero-order chi connectivity index (χ0) is 26.4. The summed E-state index contributed by atoms with van der Waals surface area (Å²) in [6, 6.07) is 4.31. The van der Waals surface area contributed by atoms with E-state index >= 15 is 0 Å². The molecule has 6 rings (SSSR count). The van der Waals surface area contributed by atoms with E-state index in [0.717, 1.165) is 10.2 Å². The number of fused-ring (bicyclic) bond motifs is 1. The normalized spacial score (nSPS) is 23.6. The highest BCUT2D eigenvalue weighted by molar-refractivity contribution is 7.21. The smallest absolute Gasteiger partial charge is 0.225 e. The average Bonchev–Trinajstić information content (AvgIpc) is 3.42. The van der Waals surface area contributed by atoms with Gasteiger partial charge in [0.2, 0.25) is 5.95 Å². The van der Waals surface area contributed by atoms with E-state index in [4.69, 9.17) is 9.97 Å². The van der Waals surface area contributed by atoms with Crippen molar-refractivity contribution in [2.75, 3.05) is 35.2 Å². The van der Waals surface area contributed by atoms with Crippen LogP contribution in [0.5, 0.6) is 0 Å². The summed E-state index contributed by atoms with van der Waals surface area (Å²) in [6.45, 7) is 2.72. The zero-order valence-corrected chi connectivity index (χ0v) is 21.3. The Hall–Kier alpha value is -3.52. The molecule has 1 aliphatic heterocycles. The van der Waals surface area contributed by atoms with Gasteiger partial charge in [-0.15, -0.1) is 11.3 Å². The van der Waals surface area contributed by atoms with Crippen LogP contribution in [0.15, 0.2) is 36.8 Å². The number of anilines is 3. The minimum Gasteiger partial charge on any atom is -0.396 e. The van der Waals surface area contributed by atoms with Gasteiger partial charge in [0.05, 0.1) is 40.3 Å². The Labute approximate surface area is 221 Å². The highest BCUT2D eigenvalue weighted by atomic mass is 32.1. The number of thiazole rings is 1. The first-order chi connectivity index (χ1) is 18.4. The molecule has 0 aromatic carbocycles. The maximum atomic E-state index is 14.1. The van der Waals surface area contributed by atoms with Gasteiger partial charge in [0.25, 0.3) is 0 Å². The van der Waals surface area contributed by atoms with E-state index in [9.17, 15) is 19.7 Å². The highest BCUT2D eigenvalue weighted by Gasteiger charge is 2.41. The van der Waals surface area contributed by atoms with E-state index in [1.165, 1.54) is 17.4 Å². The van der Waals surface area contributed by atoms with Gasteiger partial charge in [0.15, 0.2) is 11.6 Å². The lowest BCUT2D eigenvalue weighted by atomic mass is 10.1. The van der Waals surface area contributed by atoms with Crippen LogP contribution < -0.4 is 15.5 Å². The third-order valence-corrected chi connectivity index (χ3v) is 8.16. The number of nitrogens with one attached hydrogen (secondary N) is 2. The molecule has 4 aromatic heterocycles. The molecule has 4 aromatic rings. The van der Waals surface area contributed by atoms with Crippen molar-refractivity contribution in [1.29, 1.82) is 0 Å². The van der Waals surface area contributed by atoms with Gasteiger partial charge in [-0.25, -0.2) is 19.3 Å². The lowest BCUT2D eigenvalue weighted by Crippen LogP contribution is -2.55. The summed E-state index contributed by atoms with van der Waals surface area (Å²) < 4.78 is 15.1. The second kappa shape index (κ2) is 9.98. The van der Waals surface area contributed by atoms with Crippen molar-refractivity contribution < 1.29 is 19.7 Å². The molecule has 5 heterocycles. The molecule has 1 saturated carbocycles. The van der Waals surface area contributed by atoms with Crippen LogP contribution in [0.3, 0.4) is 0 Å². The largest absolute Gasteiger partial charge is 0.396 e. The van der Waals surface area contributed by atoms with Crippen molar-refractivity contribution in [2.45, 2.75) is 37.6 Å². The molecule has 13 heteroatoms. The van der Waals surface area contributed by atoms with Gasteiger partial charge in [0, 0.05) is 38.0 Å². The number of nitrogens with zero attached hydrogens (tertiary/aromatic N) is 6. The van der Waals surface area contributed by atoms with E-state index < -0.39 is 24.2 Å². The molecule has 1 aliphatic carbocycles. The number of aliphatic hydroxyl groups excluding tert-OH is 3. The summed E-state index contributed by atoms with van der Waals surface area (Å²) >= 11 is 1.49. The molecule has 0 radical (unpaired) electrons. The van der Waals surface area contributed by atoms with Crippen molar-refractivity contribution in [3.8, 4) is 10.6 Å². The van der Waals surface area contributed by atoms with E-state index in [1.54, 1.807) is 24.7 Å². The summed E-state index contributed by atoms with van der Waals surface area (Å²) in [6.07, 6.45) is 3.24. The number of halogens is 1. The van der Waals surface area contributed by atoms with Gasteiger partial charge in [-0.05, 0) is 31.5 Å². The molecule has 2 aliphatic rings. The van der Waals surface area contributed by atoms with E-state index in [2.05, 4.69) is 25.6 Å². The van der Waals surface area contributed by atoms with Gasteiger partial charge in [-0.3, -0.25) is 4.98 Å². The topological polar surface area (TPSA) is 152 Å². The molecule has 198 valence electrons. The van der Waals surface area contributed by atoms with Crippen LogP contribution in [0.2, 0.25) is 0 Å². The van der Waals surface area contributed by atoms with Gasteiger partial charge >= 0.3 is 0 Å². The lowest BCUT2D eigenvalue weighted by molar-refractivity contribution is 0.00446. The van der Waals surface area contributed by atoms with E-state index in [-0.39, 0.29) is 18.5 Å². The molecule has 1 unspecified atom stereocenters. The SMILES string of the molecule is Cc1nc(NC2CN(c3ncccc3F)C2)nc(NC2C[C@H](CO)[C@@H](O)[C@H]2O)c1-c1nc2cnccc2s1. The first kappa shape index (κ1) is 24.8. The van der Waals surface area contributed by atoms with Crippen molar-refractivity contribution in [3.63, 3.8) is 0 Å². The predicted molar refractivity (Wildman–Crippen MR) is 142 cm³/mol. The van der Waals surface area contributed by atoms with E-state index in [1.807, 2.05) is 17.9 Å². The maximum Gasteiger partial charge on any atom is 0.225 e. The zero-order valence-electron chi connectivity index (χ0n) is 20.5. The fraction of sp³-hybridized carbons (Fsp3) is 0.400. The highest BCUT2D eigenvalue weighted by Crippen LogP contribution is 2.38. The molecular formula is C25H27FN8O3S. The van der Waals surface area contributed by atoms with Gasteiger partial charge in [-0.2, -0.15) is 4.98 Å². The summed E-state index contributed by atoms with van der Waals surface area (Å²) in [5, 5.41) is 37.9. The first-order valence-electron chi connectivity index (χ1n) is 12.4. The standard InChI is InChI=1S/C25H27FN8O3S/c1-12-19(24-32-17-8-27-6-4-18(17)38-24)22(31-16-7-13(11-35)20(36)21(16)37)33-25(29-12)30-14-9-34(10-14)23-15(26)3-2-5-28-23/h2-6,8,13-14,16,20-21,35-37H,7,9-11H2,1H3,(H2,29,30,31,33)/t13-,16?,20-,21+/m1/s1. The van der Waals surface area contributed by atoms with Crippen LogP contribution in [0.1, 0.15) is 12.1 Å². The Kier molecular flexibility index (Phi) is 6.51. The molecule has 2 fully saturated rings. The molecule has 4 atom stereocenters.